The van der Waals surface area contributed by atoms with Gasteiger partial charge in [0.05, 0.1) is 18.1 Å². The molecule has 0 aliphatic heterocycles. The van der Waals surface area contributed by atoms with Gasteiger partial charge in [0.15, 0.2) is 0 Å². The molecule has 24 heavy (non-hydrogen) atoms. The first kappa shape index (κ1) is 17.7. The number of hydrogen-bond acceptors (Lipinski definition) is 3. The fraction of sp³-hybridized carbons (Fsp3) is 0.300. The molecule has 1 amide bonds. The average molecular weight is 325 g/mol. The van der Waals surface area contributed by atoms with E-state index >= 15 is 0 Å². The zero-order valence-corrected chi connectivity index (χ0v) is 14.3. The molecule has 4 nitrogen and oxygen atoms in total. The Hall–Kier alpha value is -2.62. The van der Waals surface area contributed by atoms with Crippen molar-refractivity contribution in [1.29, 1.82) is 0 Å². The van der Waals surface area contributed by atoms with Crippen molar-refractivity contribution in [2.24, 2.45) is 0 Å². The Bertz CT molecular complexity index is 710. The first-order valence-electron chi connectivity index (χ1n) is 8.20. The highest BCUT2D eigenvalue weighted by molar-refractivity contribution is 5.98. The van der Waals surface area contributed by atoms with E-state index in [9.17, 15) is 9.59 Å². The van der Waals surface area contributed by atoms with Crippen LogP contribution in [0.2, 0.25) is 0 Å². The van der Waals surface area contributed by atoms with Crippen LogP contribution in [0.4, 0.5) is 5.69 Å². The van der Waals surface area contributed by atoms with E-state index in [1.165, 1.54) is 0 Å². The third kappa shape index (κ3) is 4.22. The molecule has 0 radical (unpaired) electrons. The third-order valence-corrected chi connectivity index (χ3v) is 3.93. The first-order chi connectivity index (χ1) is 11.6. The molecule has 2 rings (SSSR count). The van der Waals surface area contributed by atoms with Gasteiger partial charge in [0, 0.05) is 5.69 Å². The molecule has 0 spiro atoms. The molecule has 1 N–H and O–H groups in total. The summed E-state index contributed by atoms with van der Waals surface area (Å²) in [5.41, 5.74) is 2.96. The zero-order chi connectivity index (χ0) is 17.5. The van der Waals surface area contributed by atoms with Gasteiger partial charge in [0.2, 0.25) is 5.91 Å². The maximum absolute atomic E-state index is 12.7. The monoisotopic (exact) mass is 325 g/mol. The molecule has 4 heteroatoms. The second-order valence-corrected chi connectivity index (χ2v) is 5.61. The number of esters is 1. The number of carbonyl (C=O) groups is 2. The summed E-state index contributed by atoms with van der Waals surface area (Å²) in [4.78, 5) is 24.5. The highest BCUT2D eigenvalue weighted by atomic mass is 16.5. The van der Waals surface area contributed by atoms with Crippen molar-refractivity contribution >= 4 is 17.6 Å². The molecule has 0 aliphatic rings. The Labute approximate surface area is 142 Å². The lowest BCUT2D eigenvalue weighted by molar-refractivity contribution is -0.117. The molecule has 0 fully saturated rings. The van der Waals surface area contributed by atoms with Gasteiger partial charge in [-0.2, -0.15) is 0 Å². The van der Waals surface area contributed by atoms with Crippen LogP contribution in [0.1, 0.15) is 47.7 Å². The maximum atomic E-state index is 12.7. The SMILES string of the molecule is CCOC(=O)c1ccc(C)c(NC(=O)[C@H](CC)c2ccccc2)c1. The molecular weight excluding hydrogens is 302 g/mol. The van der Waals surface area contributed by atoms with Crippen molar-refractivity contribution in [3.05, 3.63) is 65.2 Å². The van der Waals surface area contributed by atoms with E-state index < -0.39 is 0 Å². The molecule has 2 aromatic carbocycles. The molecule has 0 aliphatic carbocycles. The number of rotatable bonds is 6. The van der Waals surface area contributed by atoms with Crippen molar-refractivity contribution in [2.45, 2.75) is 33.1 Å². The number of hydrogen-bond donors (Lipinski definition) is 1. The van der Waals surface area contributed by atoms with Crippen LogP contribution in [0.25, 0.3) is 0 Å². The molecule has 2 aromatic rings. The van der Waals surface area contributed by atoms with Crippen molar-refractivity contribution in [3.8, 4) is 0 Å². The largest absolute Gasteiger partial charge is 0.462 e. The Balaban J connectivity index is 2.21. The topological polar surface area (TPSA) is 55.4 Å². The smallest absolute Gasteiger partial charge is 0.338 e. The second kappa shape index (κ2) is 8.29. The molecular formula is C20H23NO3. The number of amides is 1. The molecule has 0 bridgehead atoms. The number of benzene rings is 2. The van der Waals surface area contributed by atoms with Crippen LogP contribution < -0.4 is 5.32 Å². The van der Waals surface area contributed by atoms with E-state index in [0.29, 0.717) is 24.3 Å². The average Bonchev–Trinajstić information content (AvgIpc) is 2.58. The van der Waals surface area contributed by atoms with Gasteiger partial charge in [-0.15, -0.1) is 0 Å². The van der Waals surface area contributed by atoms with Gasteiger partial charge in [-0.1, -0.05) is 43.3 Å². The Morgan fingerprint density at radius 3 is 2.42 bits per heavy atom. The highest BCUT2D eigenvalue weighted by Crippen LogP contribution is 2.24. The van der Waals surface area contributed by atoms with Gasteiger partial charge in [-0.3, -0.25) is 4.79 Å². The van der Waals surface area contributed by atoms with Gasteiger partial charge < -0.3 is 10.1 Å². The van der Waals surface area contributed by atoms with Crippen molar-refractivity contribution in [2.75, 3.05) is 11.9 Å². The van der Waals surface area contributed by atoms with Gasteiger partial charge in [-0.05, 0) is 43.5 Å². The standard InChI is InChI=1S/C20H23NO3/c1-4-17(15-9-7-6-8-10-15)19(22)21-18-13-16(12-11-14(18)3)20(23)24-5-2/h6-13,17H,4-5H2,1-3H3,(H,21,22)/t17-/m1/s1. The van der Waals surface area contributed by atoms with E-state index in [4.69, 9.17) is 4.74 Å². The van der Waals surface area contributed by atoms with Crippen LogP contribution >= 0.6 is 0 Å². The minimum atomic E-state index is -0.386. The predicted molar refractivity (Wildman–Crippen MR) is 95.2 cm³/mol. The Morgan fingerprint density at radius 1 is 1.08 bits per heavy atom. The Morgan fingerprint density at radius 2 is 1.79 bits per heavy atom. The van der Waals surface area contributed by atoms with E-state index in [1.54, 1.807) is 19.1 Å². The molecule has 0 saturated carbocycles. The molecule has 0 saturated heterocycles. The number of aryl methyl sites for hydroxylation is 1. The van der Waals surface area contributed by atoms with Crippen LogP contribution in [-0.2, 0) is 9.53 Å². The van der Waals surface area contributed by atoms with Gasteiger partial charge in [-0.25, -0.2) is 4.79 Å². The summed E-state index contributed by atoms with van der Waals surface area (Å²) in [5, 5.41) is 2.95. The lowest BCUT2D eigenvalue weighted by Crippen LogP contribution is -2.21. The maximum Gasteiger partial charge on any atom is 0.338 e. The minimum Gasteiger partial charge on any atom is -0.462 e. The van der Waals surface area contributed by atoms with Gasteiger partial charge in [0.25, 0.3) is 0 Å². The van der Waals surface area contributed by atoms with E-state index in [1.807, 2.05) is 50.2 Å². The van der Waals surface area contributed by atoms with Gasteiger partial charge >= 0.3 is 5.97 Å². The van der Waals surface area contributed by atoms with E-state index in [2.05, 4.69) is 5.32 Å². The first-order valence-corrected chi connectivity index (χ1v) is 8.20. The van der Waals surface area contributed by atoms with E-state index in [-0.39, 0.29) is 17.8 Å². The third-order valence-electron chi connectivity index (χ3n) is 3.93. The highest BCUT2D eigenvalue weighted by Gasteiger charge is 2.19. The summed E-state index contributed by atoms with van der Waals surface area (Å²) in [6, 6.07) is 14.9. The predicted octanol–water partition coefficient (Wildman–Crippen LogP) is 4.30. The number of nitrogens with one attached hydrogen (secondary N) is 1. The van der Waals surface area contributed by atoms with Crippen LogP contribution in [0.3, 0.4) is 0 Å². The summed E-state index contributed by atoms with van der Waals surface area (Å²) in [5.74, 6) is -0.687. The summed E-state index contributed by atoms with van der Waals surface area (Å²) in [6.07, 6.45) is 0.701. The summed E-state index contributed by atoms with van der Waals surface area (Å²) in [7, 11) is 0. The van der Waals surface area contributed by atoms with Crippen LogP contribution in [0, 0.1) is 6.92 Å². The number of anilines is 1. The molecule has 126 valence electrons. The fourth-order valence-electron chi connectivity index (χ4n) is 2.58. The minimum absolute atomic E-state index is 0.0761. The van der Waals surface area contributed by atoms with Crippen molar-refractivity contribution < 1.29 is 14.3 Å². The fourth-order valence-corrected chi connectivity index (χ4v) is 2.58. The second-order valence-electron chi connectivity index (χ2n) is 5.61. The van der Waals surface area contributed by atoms with Crippen LogP contribution in [0.15, 0.2) is 48.5 Å². The Kier molecular flexibility index (Phi) is 6.13. The lowest BCUT2D eigenvalue weighted by atomic mass is 9.95. The van der Waals surface area contributed by atoms with Crippen molar-refractivity contribution in [3.63, 3.8) is 0 Å². The summed E-state index contributed by atoms with van der Waals surface area (Å²) < 4.78 is 5.01. The molecule has 0 unspecified atom stereocenters. The molecule has 1 atom stereocenters. The van der Waals surface area contributed by atoms with Crippen LogP contribution in [0.5, 0.6) is 0 Å². The van der Waals surface area contributed by atoms with E-state index in [0.717, 1.165) is 11.1 Å². The number of carbonyl (C=O) groups excluding carboxylic acids is 2. The van der Waals surface area contributed by atoms with Gasteiger partial charge in [0.1, 0.15) is 0 Å². The summed E-state index contributed by atoms with van der Waals surface area (Å²) >= 11 is 0. The normalized spacial score (nSPS) is 11.6. The molecule has 0 aromatic heterocycles. The number of ether oxygens (including phenoxy) is 1. The van der Waals surface area contributed by atoms with Crippen LogP contribution in [-0.4, -0.2) is 18.5 Å². The summed E-state index contributed by atoms with van der Waals surface area (Å²) in [6.45, 7) is 5.97. The molecule has 0 heterocycles. The zero-order valence-electron chi connectivity index (χ0n) is 14.3. The van der Waals surface area contributed by atoms with Crippen molar-refractivity contribution in [1.82, 2.24) is 0 Å². The quantitative estimate of drug-likeness (QED) is 0.805. The lowest BCUT2D eigenvalue weighted by Gasteiger charge is -2.17.